The van der Waals surface area contributed by atoms with E-state index in [-0.39, 0.29) is 5.41 Å². The molecule has 1 aromatic rings. The third-order valence-corrected chi connectivity index (χ3v) is 5.37. The number of ether oxygens (including phenoxy) is 1. The Balaban J connectivity index is 2.37. The fraction of sp³-hybridized carbons (Fsp3) is 0.647. The lowest BCUT2D eigenvalue weighted by molar-refractivity contribution is -0.915. The van der Waals surface area contributed by atoms with Crippen molar-refractivity contribution >= 4 is 0 Å². The second-order valence-electron chi connectivity index (χ2n) is 6.54. The predicted molar refractivity (Wildman–Crippen MR) is 82.0 cm³/mol. The summed E-state index contributed by atoms with van der Waals surface area (Å²) in [5.41, 5.74) is 5.88. The minimum Gasteiger partial charge on any atom is -0.497 e. The first-order valence-corrected chi connectivity index (χ1v) is 7.79. The van der Waals surface area contributed by atoms with Gasteiger partial charge in [-0.1, -0.05) is 19.1 Å². The van der Waals surface area contributed by atoms with Gasteiger partial charge in [-0.3, -0.25) is 0 Å². The third kappa shape index (κ3) is 2.70. The van der Waals surface area contributed by atoms with Crippen LogP contribution >= 0.6 is 0 Å². The van der Waals surface area contributed by atoms with Crippen molar-refractivity contribution in [2.45, 2.75) is 38.1 Å². The molecule has 1 fully saturated rings. The molecule has 1 heterocycles. The van der Waals surface area contributed by atoms with Gasteiger partial charge in [-0.25, -0.2) is 0 Å². The van der Waals surface area contributed by atoms with E-state index in [1.165, 1.54) is 24.9 Å². The molecule has 1 aliphatic rings. The number of methoxy groups -OCH3 is 1. The second-order valence-corrected chi connectivity index (χ2v) is 6.54. The van der Waals surface area contributed by atoms with Crippen molar-refractivity contribution < 1.29 is 15.4 Å². The van der Waals surface area contributed by atoms with Crippen molar-refractivity contribution in [2.75, 3.05) is 27.2 Å². The Bertz CT molecular complexity index is 431. The van der Waals surface area contributed by atoms with Crippen LogP contribution in [-0.2, 0) is 5.41 Å². The van der Waals surface area contributed by atoms with E-state index in [0.717, 1.165) is 12.3 Å². The number of rotatable bonds is 4. The molecule has 0 amide bonds. The van der Waals surface area contributed by atoms with E-state index in [1.54, 1.807) is 12.0 Å². The number of hydrogen-bond donors (Lipinski definition) is 2. The maximum atomic E-state index is 5.30. The Morgan fingerprint density at radius 3 is 2.50 bits per heavy atom. The molecule has 1 aromatic carbocycles. The molecule has 0 aliphatic carbocycles. The minimum atomic E-state index is 0.285. The molecular formula is C17H30N2O+2. The van der Waals surface area contributed by atoms with Crippen LogP contribution in [-0.4, -0.2) is 33.3 Å². The van der Waals surface area contributed by atoms with Crippen molar-refractivity contribution in [3.8, 4) is 5.75 Å². The summed E-state index contributed by atoms with van der Waals surface area (Å²) in [4.78, 5) is 1.66. The lowest BCUT2D eigenvalue weighted by Gasteiger charge is -2.47. The summed E-state index contributed by atoms with van der Waals surface area (Å²) in [7, 11) is 4.05. The Kier molecular flexibility index (Phi) is 4.71. The smallest absolute Gasteiger partial charge is 0.118 e. The molecule has 20 heavy (non-hydrogen) atoms. The Morgan fingerprint density at radius 2 is 1.95 bits per heavy atom. The number of benzene rings is 1. The summed E-state index contributed by atoms with van der Waals surface area (Å²) < 4.78 is 5.30. The van der Waals surface area contributed by atoms with Crippen LogP contribution in [0.2, 0.25) is 0 Å². The first kappa shape index (κ1) is 15.3. The number of quaternary nitrogens is 2. The molecule has 4 atom stereocenters. The quantitative estimate of drug-likeness (QED) is 0.828. The predicted octanol–water partition coefficient (Wildman–Crippen LogP) is 0.508. The van der Waals surface area contributed by atoms with E-state index < -0.39 is 0 Å². The number of hydrogen-bond acceptors (Lipinski definition) is 1. The van der Waals surface area contributed by atoms with Crippen LogP contribution in [0.15, 0.2) is 24.3 Å². The summed E-state index contributed by atoms with van der Waals surface area (Å²) in [6, 6.07) is 9.43. The summed E-state index contributed by atoms with van der Waals surface area (Å²) in [5, 5.41) is 0. The number of likely N-dealkylation sites (tertiary alicyclic amines) is 1. The first-order valence-electron chi connectivity index (χ1n) is 7.79. The second kappa shape index (κ2) is 6.15. The summed E-state index contributed by atoms with van der Waals surface area (Å²) in [5.74, 6) is 1.63. The SMILES string of the molecule is COc1ccc([C@@]2(CC[NH3+])C[C@H](C)[NH+](C)C[C@H]2C)cc1. The zero-order chi connectivity index (χ0) is 14.8. The molecule has 1 unspecified atom stereocenters. The van der Waals surface area contributed by atoms with Crippen molar-refractivity contribution in [1.82, 2.24) is 0 Å². The molecule has 3 nitrogen and oxygen atoms in total. The molecule has 1 aliphatic heterocycles. The van der Waals surface area contributed by atoms with Gasteiger partial charge in [0, 0.05) is 24.2 Å². The minimum absolute atomic E-state index is 0.285. The van der Waals surface area contributed by atoms with Gasteiger partial charge in [0.25, 0.3) is 0 Å². The van der Waals surface area contributed by atoms with Gasteiger partial charge in [-0.2, -0.15) is 0 Å². The van der Waals surface area contributed by atoms with Crippen LogP contribution < -0.4 is 15.4 Å². The maximum absolute atomic E-state index is 5.30. The standard InChI is InChI=1S/C17H28N2O/c1-13-12-19(3)14(2)11-17(13,9-10-18)15-5-7-16(20-4)8-6-15/h5-8,13-14H,9-12,18H2,1-4H3/p+2/t13-,14+,17+/m1/s1. The lowest BCUT2D eigenvalue weighted by Crippen LogP contribution is -3.15. The highest BCUT2D eigenvalue weighted by Crippen LogP contribution is 2.41. The highest BCUT2D eigenvalue weighted by Gasteiger charge is 2.45. The van der Waals surface area contributed by atoms with E-state index in [4.69, 9.17) is 4.74 Å². The van der Waals surface area contributed by atoms with Gasteiger partial charge in [0.05, 0.1) is 33.3 Å². The van der Waals surface area contributed by atoms with Gasteiger partial charge in [-0.15, -0.1) is 0 Å². The molecule has 0 aromatic heterocycles. The van der Waals surface area contributed by atoms with E-state index in [2.05, 4.69) is 50.9 Å². The molecule has 2 rings (SSSR count). The van der Waals surface area contributed by atoms with Gasteiger partial charge in [0.15, 0.2) is 0 Å². The van der Waals surface area contributed by atoms with Crippen LogP contribution in [0, 0.1) is 5.92 Å². The van der Waals surface area contributed by atoms with Gasteiger partial charge in [-0.05, 0) is 24.6 Å². The van der Waals surface area contributed by atoms with E-state index in [1.807, 2.05) is 0 Å². The molecule has 3 heteroatoms. The number of nitrogens with one attached hydrogen (secondary N) is 1. The Morgan fingerprint density at radius 1 is 1.30 bits per heavy atom. The van der Waals surface area contributed by atoms with Gasteiger partial charge in [0.1, 0.15) is 5.75 Å². The highest BCUT2D eigenvalue weighted by atomic mass is 16.5. The highest BCUT2D eigenvalue weighted by molar-refractivity contribution is 5.33. The molecule has 0 spiro atoms. The maximum Gasteiger partial charge on any atom is 0.118 e. The van der Waals surface area contributed by atoms with Crippen LogP contribution in [0.25, 0.3) is 0 Å². The molecule has 112 valence electrons. The molecule has 4 N–H and O–H groups in total. The van der Waals surface area contributed by atoms with Crippen molar-refractivity contribution in [3.05, 3.63) is 29.8 Å². The van der Waals surface area contributed by atoms with Gasteiger partial charge >= 0.3 is 0 Å². The molecule has 0 bridgehead atoms. The molecule has 1 saturated heterocycles. The first-order chi connectivity index (χ1) is 9.53. The monoisotopic (exact) mass is 278 g/mol. The average molecular weight is 278 g/mol. The Hall–Kier alpha value is -1.06. The largest absolute Gasteiger partial charge is 0.497 e. The average Bonchev–Trinajstić information content (AvgIpc) is 2.45. The topological polar surface area (TPSA) is 41.3 Å². The van der Waals surface area contributed by atoms with E-state index in [0.29, 0.717) is 12.0 Å². The van der Waals surface area contributed by atoms with Crippen molar-refractivity contribution in [1.29, 1.82) is 0 Å². The van der Waals surface area contributed by atoms with Crippen LogP contribution in [0.4, 0.5) is 0 Å². The zero-order valence-corrected chi connectivity index (χ0v) is 13.4. The molecular weight excluding hydrogens is 248 g/mol. The fourth-order valence-electron chi connectivity index (χ4n) is 3.93. The summed E-state index contributed by atoms with van der Waals surface area (Å²) in [6.07, 6.45) is 2.43. The third-order valence-electron chi connectivity index (χ3n) is 5.37. The summed E-state index contributed by atoms with van der Waals surface area (Å²) in [6.45, 7) is 7.03. The van der Waals surface area contributed by atoms with Gasteiger partial charge < -0.3 is 15.4 Å². The molecule has 0 radical (unpaired) electrons. The number of piperidine rings is 1. The van der Waals surface area contributed by atoms with Crippen molar-refractivity contribution in [2.24, 2.45) is 5.92 Å². The van der Waals surface area contributed by atoms with E-state index >= 15 is 0 Å². The van der Waals surface area contributed by atoms with E-state index in [9.17, 15) is 0 Å². The van der Waals surface area contributed by atoms with Crippen LogP contribution in [0.5, 0.6) is 5.75 Å². The summed E-state index contributed by atoms with van der Waals surface area (Å²) >= 11 is 0. The fourth-order valence-corrected chi connectivity index (χ4v) is 3.93. The lowest BCUT2D eigenvalue weighted by atomic mass is 9.63. The molecule has 0 saturated carbocycles. The Labute approximate surface area is 123 Å². The van der Waals surface area contributed by atoms with Crippen LogP contribution in [0.1, 0.15) is 32.3 Å². The van der Waals surface area contributed by atoms with Gasteiger partial charge in [0.2, 0.25) is 0 Å². The van der Waals surface area contributed by atoms with Crippen molar-refractivity contribution in [3.63, 3.8) is 0 Å². The zero-order valence-electron chi connectivity index (χ0n) is 13.4. The normalized spacial score (nSPS) is 34.0. The van der Waals surface area contributed by atoms with Crippen LogP contribution in [0.3, 0.4) is 0 Å².